The lowest BCUT2D eigenvalue weighted by Gasteiger charge is -2.12. The minimum atomic E-state index is -0.249. The molecule has 2 nitrogen and oxygen atoms in total. The van der Waals surface area contributed by atoms with E-state index < -0.39 is 0 Å². The Morgan fingerprint density at radius 3 is 2.73 bits per heavy atom. The molecule has 0 aliphatic carbocycles. The van der Waals surface area contributed by atoms with E-state index in [1.807, 2.05) is 48.6 Å². The molecule has 3 aromatic rings. The van der Waals surface area contributed by atoms with Gasteiger partial charge in [0.1, 0.15) is 5.82 Å². The summed E-state index contributed by atoms with van der Waals surface area (Å²) in [7, 11) is 0. The van der Waals surface area contributed by atoms with Crippen molar-refractivity contribution in [2.45, 2.75) is 64.9 Å². The number of allylic oxidation sites excluding steroid dienone is 2. The van der Waals surface area contributed by atoms with E-state index >= 15 is 0 Å². The molecule has 0 radical (unpaired) electrons. The molecule has 0 fully saturated rings. The Bertz CT molecular complexity index is 1070. The van der Waals surface area contributed by atoms with Crippen LogP contribution in [0.15, 0.2) is 67.3 Å². The van der Waals surface area contributed by atoms with E-state index in [4.69, 9.17) is 4.74 Å². The van der Waals surface area contributed by atoms with Gasteiger partial charge in [-0.2, -0.15) is 0 Å². The number of pyridine rings is 1. The van der Waals surface area contributed by atoms with Gasteiger partial charge in [-0.3, -0.25) is 0 Å². The first-order chi connectivity index (χ1) is 16.1. The zero-order valence-corrected chi connectivity index (χ0v) is 20.0. The summed E-state index contributed by atoms with van der Waals surface area (Å²) >= 11 is 0. The van der Waals surface area contributed by atoms with Crippen molar-refractivity contribution in [3.8, 4) is 11.3 Å². The van der Waals surface area contributed by atoms with Crippen molar-refractivity contribution in [2.24, 2.45) is 0 Å². The SMILES string of the molecule is C=CCc1ccc2nc(-c3ccc(C=CCCCC(C)OCCCCC)cc3F)ccc2c1. The zero-order chi connectivity index (χ0) is 23.5. The predicted octanol–water partition coefficient (Wildman–Crippen LogP) is 8.55. The van der Waals surface area contributed by atoms with Crippen LogP contribution in [-0.2, 0) is 11.2 Å². The molecule has 0 saturated carbocycles. The maximum atomic E-state index is 14.9. The van der Waals surface area contributed by atoms with Gasteiger partial charge >= 0.3 is 0 Å². The lowest BCUT2D eigenvalue weighted by molar-refractivity contribution is 0.0566. The molecule has 2 aromatic carbocycles. The van der Waals surface area contributed by atoms with Crippen molar-refractivity contribution < 1.29 is 9.13 Å². The van der Waals surface area contributed by atoms with Gasteiger partial charge in [0.15, 0.2) is 0 Å². The van der Waals surface area contributed by atoms with Crippen LogP contribution >= 0.6 is 0 Å². The van der Waals surface area contributed by atoms with Gasteiger partial charge in [0, 0.05) is 17.6 Å². The Hall–Kier alpha value is -2.78. The molecule has 0 aliphatic rings. The van der Waals surface area contributed by atoms with Gasteiger partial charge in [-0.15, -0.1) is 6.58 Å². The molecule has 33 heavy (non-hydrogen) atoms. The van der Waals surface area contributed by atoms with Crippen LogP contribution in [0.5, 0.6) is 0 Å². The number of fused-ring (bicyclic) bond motifs is 1. The summed E-state index contributed by atoms with van der Waals surface area (Å²) in [6.45, 7) is 9.00. The average Bonchev–Trinajstić information content (AvgIpc) is 2.82. The molecule has 3 rings (SSSR count). The van der Waals surface area contributed by atoms with Crippen LogP contribution in [0.4, 0.5) is 4.39 Å². The van der Waals surface area contributed by atoms with Crippen LogP contribution in [0.3, 0.4) is 0 Å². The second kappa shape index (κ2) is 13.1. The van der Waals surface area contributed by atoms with Gasteiger partial charge in [0.05, 0.1) is 17.3 Å². The minimum Gasteiger partial charge on any atom is -0.379 e. The molecule has 0 amide bonds. The predicted molar refractivity (Wildman–Crippen MR) is 139 cm³/mol. The number of benzene rings is 2. The third-order valence-corrected chi connectivity index (χ3v) is 5.84. The molecule has 0 bridgehead atoms. The van der Waals surface area contributed by atoms with Gasteiger partial charge in [0.2, 0.25) is 0 Å². The molecule has 0 saturated heterocycles. The number of hydrogen-bond acceptors (Lipinski definition) is 2. The average molecular weight is 446 g/mol. The zero-order valence-electron chi connectivity index (χ0n) is 20.0. The first-order valence-corrected chi connectivity index (χ1v) is 12.2. The number of aromatic nitrogens is 1. The first-order valence-electron chi connectivity index (χ1n) is 12.2. The molecule has 1 aromatic heterocycles. The first kappa shape index (κ1) is 24.9. The lowest BCUT2D eigenvalue weighted by Crippen LogP contribution is -2.08. The monoisotopic (exact) mass is 445 g/mol. The number of nitrogens with zero attached hydrogens (tertiary/aromatic N) is 1. The molecule has 1 atom stereocenters. The number of unbranched alkanes of at least 4 members (excludes halogenated alkanes) is 3. The lowest BCUT2D eigenvalue weighted by atomic mass is 10.0. The van der Waals surface area contributed by atoms with E-state index in [2.05, 4.69) is 37.6 Å². The number of hydrogen-bond donors (Lipinski definition) is 0. The summed E-state index contributed by atoms with van der Waals surface area (Å²) in [6.07, 6.45) is 13.8. The van der Waals surface area contributed by atoms with Crippen molar-refractivity contribution in [3.05, 3.63) is 84.2 Å². The van der Waals surface area contributed by atoms with Gasteiger partial charge in [-0.1, -0.05) is 56.2 Å². The molecular formula is C30H36FNO. The van der Waals surface area contributed by atoms with Crippen LogP contribution in [0.25, 0.3) is 28.2 Å². The highest BCUT2D eigenvalue weighted by Crippen LogP contribution is 2.25. The molecule has 3 heteroatoms. The Kier molecular flexibility index (Phi) is 9.83. The van der Waals surface area contributed by atoms with E-state index in [-0.39, 0.29) is 5.82 Å². The third-order valence-electron chi connectivity index (χ3n) is 5.84. The normalized spacial score (nSPS) is 12.5. The number of ether oxygens (including phenoxy) is 1. The summed E-state index contributed by atoms with van der Waals surface area (Å²) in [6, 6.07) is 15.4. The number of halogens is 1. The summed E-state index contributed by atoms with van der Waals surface area (Å²) in [5.74, 6) is -0.249. The van der Waals surface area contributed by atoms with E-state index in [0.29, 0.717) is 17.4 Å². The summed E-state index contributed by atoms with van der Waals surface area (Å²) in [5, 5.41) is 1.05. The maximum absolute atomic E-state index is 14.9. The smallest absolute Gasteiger partial charge is 0.133 e. The molecule has 1 unspecified atom stereocenters. The minimum absolute atomic E-state index is 0.249. The Labute approximate surface area is 198 Å². The topological polar surface area (TPSA) is 22.1 Å². The summed E-state index contributed by atoms with van der Waals surface area (Å²) < 4.78 is 20.7. The highest BCUT2D eigenvalue weighted by Gasteiger charge is 2.08. The fourth-order valence-electron chi connectivity index (χ4n) is 3.92. The second-order valence-corrected chi connectivity index (χ2v) is 8.68. The van der Waals surface area contributed by atoms with E-state index in [9.17, 15) is 4.39 Å². The molecule has 1 heterocycles. The van der Waals surface area contributed by atoms with Crippen molar-refractivity contribution in [1.82, 2.24) is 4.98 Å². The standard InChI is InChI=1S/C30H36FNO/c1-4-6-10-20-33-23(3)12-8-7-9-13-25-14-17-27(28(31)22-25)30-19-16-26-21-24(11-5-2)15-18-29(26)32-30/h5,9,13-19,21-23H,2,4,6-8,10-12,20H2,1,3H3. The van der Waals surface area contributed by atoms with Gasteiger partial charge in [0.25, 0.3) is 0 Å². The van der Waals surface area contributed by atoms with Crippen molar-refractivity contribution in [2.75, 3.05) is 6.61 Å². The molecular weight excluding hydrogens is 409 g/mol. The second-order valence-electron chi connectivity index (χ2n) is 8.68. The highest BCUT2D eigenvalue weighted by molar-refractivity contribution is 5.82. The van der Waals surface area contributed by atoms with Crippen LogP contribution in [0.2, 0.25) is 0 Å². The highest BCUT2D eigenvalue weighted by atomic mass is 19.1. The van der Waals surface area contributed by atoms with Crippen molar-refractivity contribution in [3.63, 3.8) is 0 Å². The van der Waals surface area contributed by atoms with Crippen molar-refractivity contribution >= 4 is 17.0 Å². The fourth-order valence-corrected chi connectivity index (χ4v) is 3.92. The molecule has 0 N–H and O–H groups in total. The maximum Gasteiger partial charge on any atom is 0.133 e. The van der Waals surface area contributed by atoms with Crippen molar-refractivity contribution in [1.29, 1.82) is 0 Å². The van der Waals surface area contributed by atoms with E-state index in [0.717, 1.165) is 55.2 Å². The Morgan fingerprint density at radius 1 is 1.06 bits per heavy atom. The van der Waals surface area contributed by atoms with Crippen LogP contribution in [-0.4, -0.2) is 17.7 Å². The van der Waals surface area contributed by atoms with Crippen LogP contribution in [0, 0.1) is 5.82 Å². The Balaban J connectivity index is 1.55. The molecule has 0 spiro atoms. The van der Waals surface area contributed by atoms with Gasteiger partial charge in [-0.05, 0) is 80.5 Å². The molecule has 174 valence electrons. The van der Waals surface area contributed by atoms with E-state index in [1.54, 1.807) is 6.07 Å². The summed E-state index contributed by atoms with van der Waals surface area (Å²) in [4.78, 5) is 4.68. The van der Waals surface area contributed by atoms with Gasteiger partial charge in [-0.25, -0.2) is 9.37 Å². The number of rotatable bonds is 13. The largest absolute Gasteiger partial charge is 0.379 e. The molecule has 0 aliphatic heterocycles. The quantitative estimate of drug-likeness (QED) is 0.194. The van der Waals surface area contributed by atoms with Crippen LogP contribution < -0.4 is 0 Å². The fraction of sp³-hybridized carbons (Fsp3) is 0.367. The summed E-state index contributed by atoms with van der Waals surface area (Å²) in [5.41, 5.74) is 4.11. The third kappa shape index (κ3) is 7.64. The van der Waals surface area contributed by atoms with Crippen LogP contribution in [0.1, 0.15) is 63.5 Å². The Morgan fingerprint density at radius 2 is 1.94 bits per heavy atom. The van der Waals surface area contributed by atoms with E-state index in [1.165, 1.54) is 18.4 Å². The van der Waals surface area contributed by atoms with Gasteiger partial charge < -0.3 is 4.74 Å².